The summed E-state index contributed by atoms with van der Waals surface area (Å²) in [5.41, 5.74) is -0.382. The molecular formula is C48H84N6O13. The van der Waals surface area contributed by atoms with Gasteiger partial charge < -0.3 is 50.1 Å². The minimum Gasteiger partial charge on any atom is -0.481 e. The summed E-state index contributed by atoms with van der Waals surface area (Å²) in [6.45, 7) is 5.01. The van der Waals surface area contributed by atoms with Crippen LogP contribution >= 0.6 is 0 Å². The molecule has 0 aromatic carbocycles. The summed E-state index contributed by atoms with van der Waals surface area (Å²) in [4.78, 5) is 90.4. The first-order valence-corrected chi connectivity index (χ1v) is 24.7. The molecule has 0 aliphatic rings. The number of H-pyrrole nitrogens is 1. The summed E-state index contributed by atoms with van der Waals surface area (Å²) in [5, 5.41) is 29.1. The van der Waals surface area contributed by atoms with Gasteiger partial charge in [-0.15, -0.1) is 0 Å². The maximum Gasteiger partial charge on any atom is 0.320 e. The molecule has 0 spiro atoms. The Kier molecular flexibility index (Phi) is 36.9. The zero-order valence-electron chi connectivity index (χ0n) is 40.6. The van der Waals surface area contributed by atoms with E-state index in [2.05, 4.69) is 31.2 Å². The van der Waals surface area contributed by atoms with Crippen LogP contribution < -0.4 is 21.3 Å². The molecule has 0 saturated carbocycles. The van der Waals surface area contributed by atoms with Crippen LogP contribution in [0.2, 0.25) is 0 Å². The van der Waals surface area contributed by atoms with Crippen molar-refractivity contribution in [2.75, 3.05) is 72.5 Å². The second-order valence-corrected chi connectivity index (χ2v) is 17.5. The van der Waals surface area contributed by atoms with E-state index in [4.69, 9.17) is 24.1 Å². The number of carbonyl (C=O) groups is 7. The predicted molar refractivity (Wildman–Crippen MR) is 252 cm³/mol. The fraction of sp³-hybridized carbons (Fsp3) is 0.792. The van der Waals surface area contributed by atoms with Crippen molar-refractivity contribution in [2.24, 2.45) is 0 Å². The number of carbonyl (C=O) groups excluding carboxylic acids is 5. The lowest BCUT2D eigenvalue weighted by atomic mass is 9.98. The van der Waals surface area contributed by atoms with Gasteiger partial charge in [0, 0.05) is 57.3 Å². The van der Waals surface area contributed by atoms with Crippen LogP contribution in [0.25, 0.3) is 0 Å². The van der Waals surface area contributed by atoms with Crippen molar-refractivity contribution in [3.05, 3.63) is 18.2 Å². The molecule has 0 saturated heterocycles. The Hall–Kier alpha value is -4.30. The highest BCUT2D eigenvalue weighted by Crippen LogP contribution is 2.14. The highest BCUT2D eigenvalue weighted by atomic mass is 16.5. The lowest BCUT2D eigenvalue weighted by Gasteiger charge is -2.26. The number of Topliss-reactive ketones (excluding diaryl/α,β-unsaturated/α-hetero) is 2. The van der Waals surface area contributed by atoms with Gasteiger partial charge in [-0.25, -0.2) is 4.98 Å². The van der Waals surface area contributed by atoms with Gasteiger partial charge >= 0.3 is 11.9 Å². The zero-order chi connectivity index (χ0) is 49.2. The summed E-state index contributed by atoms with van der Waals surface area (Å²) in [5.74, 6) is -2.78. The normalized spacial score (nSPS) is 11.9. The number of rotatable bonds is 48. The summed E-state index contributed by atoms with van der Waals surface area (Å²) < 4.78 is 21.6. The van der Waals surface area contributed by atoms with E-state index in [1.165, 1.54) is 64.1 Å². The van der Waals surface area contributed by atoms with Gasteiger partial charge in [-0.1, -0.05) is 77.0 Å². The van der Waals surface area contributed by atoms with Gasteiger partial charge in [0.1, 0.15) is 25.0 Å². The third-order valence-electron chi connectivity index (χ3n) is 11.0. The molecule has 0 aliphatic carbocycles. The first-order chi connectivity index (χ1) is 32.3. The maximum absolute atomic E-state index is 12.8. The van der Waals surface area contributed by atoms with E-state index in [0.29, 0.717) is 58.3 Å². The van der Waals surface area contributed by atoms with E-state index in [9.17, 15) is 38.7 Å². The number of carboxylic acid groups (broad SMARTS) is 2. The van der Waals surface area contributed by atoms with E-state index < -0.39 is 23.5 Å². The quantitative estimate of drug-likeness (QED) is 0.0424. The van der Waals surface area contributed by atoms with Crippen molar-refractivity contribution >= 4 is 41.2 Å². The standard InChI is InChI=1S/C48H84N6O13/c1-48(2,54-43(57)25-24-39-34-49-38-53-39)42(56)35-52-41(47(62)63)22-17-18-26-50-44(58)36-67-33-31-65-29-27-51-45(59)37-66-32-30-64-28-19-21-40(55)20-15-13-11-9-7-5-3-4-6-8-10-12-14-16-23-46(60)61/h34,38,41,52H,3-33,35-37H2,1-2H3,(H,49,53)(H,50,58)(H,51,59)(H,54,57)(H,60,61)(H,62,63)/t41-/m0/s1. The van der Waals surface area contributed by atoms with Crippen LogP contribution in [0, 0.1) is 0 Å². The molecule has 7 N–H and O–H groups in total. The van der Waals surface area contributed by atoms with Crippen LogP contribution in [0.15, 0.2) is 12.5 Å². The van der Waals surface area contributed by atoms with E-state index in [-0.39, 0.29) is 101 Å². The molecule has 19 heteroatoms. The molecule has 0 unspecified atom stereocenters. The zero-order valence-corrected chi connectivity index (χ0v) is 40.6. The first-order valence-electron chi connectivity index (χ1n) is 24.7. The van der Waals surface area contributed by atoms with Gasteiger partial charge in [0.05, 0.1) is 51.4 Å². The monoisotopic (exact) mass is 953 g/mol. The van der Waals surface area contributed by atoms with Crippen molar-refractivity contribution in [3.63, 3.8) is 0 Å². The highest BCUT2D eigenvalue weighted by Gasteiger charge is 2.30. The lowest BCUT2D eigenvalue weighted by Crippen LogP contribution is -2.54. The average molecular weight is 953 g/mol. The largest absolute Gasteiger partial charge is 0.481 e. The number of aliphatic carboxylic acids is 2. The summed E-state index contributed by atoms with van der Waals surface area (Å²) in [6, 6.07) is -0.968. The Labute approximate surface area is 398 Å². The average Bonchev–Trinajstić information content (AvgIpc) is 3.81. The number of hydrogen-bond donors (Lipinski definition) is 7. The maximum atomic E-state index is 12.8. The number of imidazole rings is 1. The van der Waals surface area contributed by atoms with Crippen LogP contribution in [-0.2, 0) is 58.9 Å². The fourth-order valence-corrected chi connectivity index (χ4v) is 6.95. The van der Waals surface area contributed by atoms with Crippen LogP contribution in [0.5, 0.6) is 0 Å². The van der Waals surface area contributed by atoms with Gasteiger partial charge in [-0.3, -0.25) is 38.9 Å². The van der Waals surface area contributed by atoms with Crippen molar-refractivity contribution in [1.82, 2.24) is 31.2 Å². The second kappa shape index (κ2) is 40.7. The lowest BCUT2D eigenvalue weighted by molar-refractivity contribution is -0.140. The molecule has 1 aromatic rings. The summed E-state index contributed by atoms with van der Waals surface area (Å²) in [7, 11) is 0. The van der Waals surface area contributed by atoms with E-state index in [0.717, 1.165) is 37.8 Å². The number of nitrogens with zero attached hydrogens (tertiary/aromatic N) is 1. The Morgan fingerprint density at radius 1 is 0.597 bits per heavy atom. The van der Waals surface area contributed by atoms with E-state index in [1.807, 2.05) is 0 Å². The molecule has 0 bridgehead atoms. The van der Waals surface area contributed by atoms with Crippen molar-refractivity contribution in [3.8, 4) is 0 Å². The predicted octanol–water partition coefficient (Wildman–Crippen LogP) is 4.99. The number of aromatic nitrogens is 2. The molecule has 0 radical (unpaired) electrons. The minimum atomic E-state index is -1.18. The van der Waals surface area contributed by atoms with Gasteiger partial charge in [0.2, 0.25) is 17.7 Å². The third kappa shape index (κ3) is 37.4. The van der Waals surface area contributed by atoms with Gasteiger partial charge in [-0.2, -0.15) is 0 Å². The number of unbranched alkanes of at least 4 members (excludes halogenated alkanes) is 14. The van der Waals surface area contributed by atoms with Gasteiger partial charge in [0.25, 0.3) is 0 Å². The molecule has 384 valence electrons. The van der Waals surface area contributed by atoms with Crippen LogP contribution in [0.4, 0.5) is 0 Å². The molecule has 1 atom stereocenters. The van der Waals surface area contributed by atoms with Crippen LogP contribution in [0.1, 0.15) is 161 Å². The number of nitrogens with one attached hydrogen (secondary N) is 5. The van der Waals surface area contributed by atoms with Gasteiger partial charge in [-0.05, 0) is 58.8 Å². The van der Waals surface area contributed by atoms with Crippen molar-refractivity contribution < 1.29 is 62.7 Å². The van der Waals surface area contributed by atoms with Crippen LogP contribution in [0.3, 0.4) is 0 Å². The smallest absolute Gasteiger partial charge is 0.320 e. The number of aromatic amines is 1. The number of hydrogen-bond acceptors (Lipinski definition) is 13. The molecule has 1 heterocycles. The number of ether oxygens (including phenoxy) is 4. The van der Waals surface area contributed by atoms with E-state index in [1.54, 1.807) is 20.0 Å². The first kappa shape index (κ1) is 60.7. The highest BCUT2D eigenvalue weighted by molar-refractivity contribution is 5.93. The van der Waals surface area contributed by atoms with Crippen molar-refractivity contribution in [1.29, 1.82) is 0 Å². The number of aryl methyl sites for hydroxylation is 1. The molecule has 1 rings (SSSR count). The van der Waals surface area contributed by atoms with Gasteiger partial charge in [0.15, 0.2) is 5.78 Å². The molecular weight excluding hydrogens is 869 g/mol. The Morgan fingerprint density at radius 3 is 1.67 bits per heavy atom. The fourth-order valence-electron chi connectivity index (χ4n) is 6.95. The summed E-state index contributed by atoms with van der Waals surface area (Å²) in [6.07, 6.45) is 23.4. The second-order valence-electron chi connectivity index (χ2n) is 17.5. The summed E-state index contributed by atoms with van der Waals surface area (Å²) >= 11 is 0. The molecule has 3 amide bonds. The molecule has 19 nitrogen and oxygen atoms in total. The Morgan fingerprint density at radius 2 is 1.12 bits per heavy atom. The topological polar surface area (TPSA) is 274 Å². The number of carboxylic acids is 2. The molecule has 0 aliphatic heterocycles. The molecule has 0 fully saturated rings. The Bertz CT molecular complexity index is 1490. The molecule has 67 heavy (non-hydrogen) atoms. The van der Waals surface area contributed by atoms with Crippen molar-refractivity contribution in [2.45, 2.75) is 173 Å². The third-order valence-corrected chi connectivity index (χ3v) is 11.0. The molecule has 1 aromatic heterocycles. The SMILES string of the molecule is CC(C)(NC(=O)CCc1cnc[nH]1)C(=O)CN[C@@H](CCCCNC(=O)COCCOCCNC(=O)COCCOCCCC(=O)CCCCCCCCCCCCCCCCC(=O)O)C(=O)O. The van der Waals surface area contributed by atoms with E-state index >= 15 is 0 Å². The van der Waals surface area contributed by atoms with Crippen LogP contribution in [-0.4, -0.2) is 145 Å². The Balaban J connectivity index is 1.88. The number of amides is 3. The number of ketones is 2. The minimum absolute atomic E-state index is 0.104.